The molecule has 0 saturated heterocycles. The SMILES string of the molecule is CC(=O)NC(CCSCc1noc(CC(C)C)n1)C(=O)O. The van der Waals surface area contributed by atoms with Crippen LogP contribution in [0.1, 0.15) is 38.9 Å². The van der Waals surface area contributed by atoms with E-state index in [9.17, 15) is 9.59 Å². The molecule has 0 radical (unpaired) electrons. The molecule has 0 spiro atoms. The van der Waals surface area contributed by atoms with Gasteiger partial charge in [-0.05, 0) is 18.1 Å². The third-order valence-corrected chi connectivity index (χ3v) is 3.54. The van der Waals surface area contributed by atoms with Crippen LogP contribution in [0.3, 0.4) is 0 Å². The van der Waals surface area contributed by atoms with Crippen molar-refractivity contribution in [3.8, 4) is 0 Å². The maximum Gasteiger partial charge on any atom is 0.326 e. The summed E-state index contributed by atoms with van der Waals surface area (Å²) in [4.78, 5) is 26.1. The van der Waals surface area contributed by atoms with E-state index < -0.39 is 12.0 Å². The Hall–Kier alpha value is -1.57. The Kier molecular flexibility index (Phi) is 7.21. The molecule has 0 aliphatic carbocycles. The van der Waals surface area contributed by atoms with E-state index in [1.807, 2.05) is 0 Å². The maximum absolute atomic E-state index is 10.9. The van der Waals surface area contributed by atoms with Gasteiger partial charge in [0, 0.05) is 13.3 Å². The first-order chi connectivity index (χ1) is 9.88. The number of amides is 1. The van der Waals surface area contributed by atoms with Crippen LogP contribution >= 0.6 is 11.8 Å². The molecule has 1 rings (SSSR count). The topological polar surface area (TPSA) is 105 Å². The standard InChI is InChI=1S/C13H21N3O4S/c1-8(2)6-12-15-11(16-20-12)7-21-5-4-10(13(18)19)14-9(3)17/h8,10H,4-7H2,1-3H3,(H,14,17)(H,18,19). The van der Waals surface area contributed by atoms with Gasteiger partial charge in [0.25, 0.3) is 0 Å². The Morgan fingerprint density at radius 2 is 2.14 bits per heavy atom. The molecule has 1 atom stereocenters. The number of hydrogen-bond acceptors (Lipinski definition) is 6. The molecular weight excluding hydrogens is 294 g/mol. The number of carboxylic acid groups (broad SMARTS) is 1. The molecule has 0 saturated carbocycles. The lowest BCUT2D eigenvalue weighted by atomic mass is 10.1. The summed E-state index contributed by atoms with van der Waals surface area (Å²) in [6, 6.07) is -0.850. The molecule has 21 heavy (non-hydrogen) atoms. The van der Waals surface area contributed by atoms with Gasteiger partial charge in [-0.15, -0.1) is 0 Å². The molecule has 1 aromatic rings. The smallest absolute Gasteiger partial charge is 0.326 e. The zero-order chi connectivity index (χ0) is 15.8. The zero-order valence-electron chi connectivity index (χ0n) is 12.5. The Bertz CT molecular complexity index is 476. The van der Waals surface area contributed by atoms with Crippen LogP contribution in [0.25, 0.3) is 0 Å². The van der Waals surface area contributed by atoms with Gasteiger partial charge < -0.3 is 14.9 Å². The van der Waals surface area contributed by atoms with Crippen molar-refractivity contribution < 1.29 is 19.2 Å². The van der Waals surface area contributed by atoms with Crippen LogP contribution in [0.2, 0.25) is 0 Å². The van der Waals surface area contributed by atoms with Gasteiger partial charge in [0.2, 0.25) is 11.8 Å². The molecule has 8 heteroatoms. The molecule has 0 aromatic carbocycles. The number of aliphatic carboxylic acids is 1. The quantitative estimate of drug-likeness (QED) is 0.665. The number of aromatic nitrogens is 2. The van der Waals surface area contributed by atoms with E-state index in [1.54, 1.807) is 0 Å². The normalized spacial score (nSPS) is 12.4. The van der Waals surface area contributed by atoms with Crippen LogP contribution in [0.5, 0.6) is 0 Å². The molecule has 0 bridgehead atoms. The number of thioether (sulfide) groups is 1. The van der Waals surface area contributed by atoms with E-state index in [0.717, 1.165) is 6.42 Å². The Balaban J connectivity index is 2.31. The molecule has 0 aliphatic heterocycles. The zero-order valence-corrected chi connectivity index (χ0v) is 13.3. The van der Waals surface area contributed by atoms with E-state index in [4.69, 9.17) is 9.63 Å². The summed E-state index contributed by atoms with van der Waals surface area (Å²) in [7, 11) is 0. The highest BCUT2D eigenvalue weighted by Gasteiger charge is 2.17. The number of nitrogens with one attached hydrogen (secondary N) is 1. The largest absolute Gasteiger partial charge is 0.480 e. The number of carbonyl (C=O) groups excluding carboxylic acids is 1. The molecule has 0 aliphatic rings. The van der Waals surface area contributed by atoms with Crippen molar-refractivity contribution in [2.75, 3.05) is 5.75 Å². The summed E-state index contributed by atoms with van der Waals surface area (Å²) in [5.74, 6) is 1.48. The van der Waals surface area contributed by atoms with E-state index >= 15 is 0 Å². The van der Waals surface area contributed by atoms with Crippen molar-refractivity contribution in [2.24, 2.45) is 5.92 Å². The predicted octanol–water partition coefficient (Wildman–Crippen LogP) is 1.48. The number of rotatable bonds is 9. The average Bonchev–Trinajstić information content (AvgIpc) is 2.79. The summed E-state index contributed by atoms with van der Waals surface area (Å²) < 4.78 is 5.12. The summed E-state index contributed by atoms with van der Waals surface area (Å²) in [5.41, 5.74) is 0. The fraction of sp³-hybridized carbons (Fsp3) is 0.692. The lowest BCUT2D eigenvalue weighted by Crippen LogP contribution is -2.39. The lowest BCUT2D eigenvalue weighted by molar-refractivity contribution is -0.141. The van der Waals surface area contributed by atoms with Crippen LogP contribution < -0.4 is 5.32 Å². The summed E-state index contributed by atoms with van der Waals surface area (Å²) in [6.45, 7) is 5.46. The second kappa shape index (κ2) is 8.66. The van der Waals surface area contributed by atoms with E-state index in [-0.39, 0.29) is 5.91 Å². The van der Waals surface area contributed by atoms with E-state index in [2.05, 4.69) is 29.3 Å². The molecule has 1 aromatic heterocycles. The van der Waals surface area contributed by atoms with Crippen LogP contribution in [-0.2, 0) is 21.8 Å². The molecule has 2 N–H and O–H groups in total. The third-order valence-electron chi connectivity index (χ3n) is 2.55. The van der Waals surface area contributed by atoms with Gasteiger partial charge in [-0.1, -0.05) is 19.0 Å². The molecule has 118 valence electrons. The minimum Gasteiger partial charge on any atom is -0.480 e. The Morgan fingerprint density at radius 1 is 1.43 bits per heavy atom. The summed E-state index contributed by atoms with van der Waals surface area (Å²) >= 11 is 1.51. The van der Waals surface area contributed by atoms with Crippen molar-refractivity contribution in [3.05, 3.63) is 11.7 Å². The first-order valence-electron chi connectivity index (χ1n) is 6.77. The fourth-order valence-corrected chi connectivity index (χ4v) is 2.49. The Labute approximate surface area is 127 Å². The summed E-state index contributed by atoms with van der Waals surface area (Å²) in [6.07, 6.45) is 1.11. The van der Waals surface area contributed by atoms with Gasteiger partial charge in [0.05, 0.1) is 5.75 Å². The fourth-order valence-electron chi connectivity index (χ4n) is 1.65. The summed E-state index contributed by atoms with van der Waals surface area (Å²) in [5, 5.41) is 15.2. The number of hydrogen-bond donors (Lipinski definition) is 2. The van der Waals surface area contributed by atoms with Crippen molar-refractivity contribution >= 4 is 23.6 Å². The number of carboxylic acids is 1. The minimum absolute atomic E-state index is 0.344. The van der Waals surface area contributed by atoms with Crippen LogP contribution in [-0.4, -0.2) is 38.9 Å². The van der Waals surface area contributed by atoms with Gasteiger partial charge in [0.15, 0.2) is 5.82 Å². The van der Waals surface area contributed by atoms with Gasteiger partial charge in [-0.2, -0.15) is 16.7 Å². The molecule has 1 unspecified atom stereocenters. The highest BCUT2D eigenvalue weighted by Crippen LogP contribution is 2.13. The van der Waals surface area contributed by atoms with Crippen LogP contribution in [0, 0.1) is 5.92 Å². The van der Waals surface area contributed by atoms with E-state index in [0.29, 0.717) is 35.6 Å². The number of nitrogens with zero attached hydrogens (tertiary/aromatic N) is 2. The monoisotopic (exact) mass is 315 g/mol. The maximum atomic E-state index is 10.9. The first kappa shape index (κ1) is 17.5. The van der Waals surface area contributed by atoms with Crippen molar-refractivity contribution in [1.82, 2.24) is 15.5 Å². The minimum atomic E-state index is -1.02. The van der Waals surface area contributed by atoms with Gasteiger partial charge >= 0.3 is 5.97 Å². The van der Waals surface area contributed by atoms with Gasteiger partial charge in [-0.3, -0.25) is 4.79 Å². The molecule has 7 nitrogen and oxygen atoms in total. The third kappa shape index (κ3) is 7.12. The predicted molar refractivity (Wildman–Crippen MR) is 78.9 cm³/mol. The van der Waals surface area contributed by atoms with Crippen molar-refractivity contribution in [3.63, 3.8) is 0 Å². The average molecular weight is 315 g/mol. The second-order valence-corrected chi connectivity index (χ2v) is 6.24. The van der Waals surface area contributed by atoms with E-state index in [1.165, 1.54) is 18.7 Å². The highest BCUT2D eigenvalue weighted by molar-refractivity contribution is 7.98. The van der Waals surface area contributed by atoms with Crippen molar-refractivity contribution in [1.29, 1.82) is 0 Å². The first-order valence-corrected chi connectivity index (χ1v) is 7.93. The van der Waals surface area contributed by atoms with Crippen LogP contribution in [0.4, 0.5) is 0 Å². The highest BCUT2D eigenvalue weighted by atomic mass is 32.2. The molecule has 1 amide bonds. The van der Waals surface area contributed by atoms with Crippen molar-refractivity contribution in [2.45, 2.75) is 45.4 Å². The second-order valence-electron chi connectivity index (χ2n) is 5.13. The molecule has 1 heterocycles. The number of carbonyl (C=O) groups is 2. The van der Waals surface area contributed by atoms with Gasteiger partial charge in [-0.25, -0.2) is 4.79 Å². The van der Waals surface area contributed by atoms with Crippen LogP contribution in [0.15, 0.2) is 4.52 Å². The Morgan fingerprint density at radius 3 is 2.71 bits per heavy atom. The van der Waals surface area contributed by atoms with Gasteiger partial charge in [0.1, 0.15) is 6.04 Å². The molecule has 0 fully saturated rings. The lowest BCUT2D eigenvalue weighted by Gasteiger charge is -2.12. The molecular formula is C13H21N3O4S.